The second-order valence-corrected chi connectivity index (χ2v) is 23.8. The fourth-order valence-corrected chi connectivity index (χ4v) is 27.7. The molecule has 1 fully saturated rings. The van der Waals surface area contributed by atoms with Crippen LogP contribution in [0.2, 0.25) is 48.4 Å². The molecule has 0 aromatic heterocycles. The molecule has 288 valence electrons. The van der Waals surface area contributed by atoms with E-state index in [0.29, 0.717) is 0 Å². The Morgan fingerprint density at radius 3 is 0.354 bits per heavy atom. The van der Waals surface area contributed by atoms with Crippen molar-refractivity contribution in [3.05, 3.63) is 0 Å². The van der Waals surface area contributed by atoms with Crippen molar-refractivity contribution in [3.8, 4) is 0 Å². The van der Waals surface area contributed by atoms with Gasteiger partial charge in [-0.25, -0.2) is 0 Å². The molecule has 48 heavy (non-hydrogen) atoms. The van der Waals surface area contributed by atoms with Crippen molar-refractivity contribution in [3.63, 3.8) is 0 Å². The average molecular weight is 841 g/mol. The molecule has 4 nitrogen and oxygen atoms in total. The minimum absolute atomic E-state index is 3.69. The molecular formula is C16H16F24O4Si4. The van der Waals surface area contributed by atoms with Gasteiger partial charge in [0.2, 0.25) is 0 Å². The zero-order valence-corrected chi connectivity index (χ0v) is 26.4. The lowest BCUT2D eigenvalue weighted by Gasteiger charge is -2.53. The number of alkyl halides is 24. The van der Waals surface area contributed by atoms with Crippen molar-refractivity contribution in [2.45, 2.75) is 97.8 Å². The summed E-state index contributed by atoms with van der Waals surface area (Å²) in [5, 5.41) is 0. The van der Waals surface area contributed by atoms with Gasteiger partial charge in [0.15, 0.2) is 0 Å². The Labute approximate surface area is 254 Å². The highest BCUT2D eigenvalue weighted by Gasteiger charge is 2.74. The van der Waals surface area contributed by atoms with Gasteiger partial charge in [-0.05, 0) is 0 Å². The summed E-state index contributed by atoms with van der Waals surface area (Å²) in [7, 11) is -31.2. The Morgan fingerprint density at radius 2 is 0.292 bits per heavy atom. The molecule has 0 N–H and O–H groups in total. The Morgan fingerprint density at radius 1 is 0.208 bits per heavy atom. The van der Waals surface area contributed by atoms with E-state index in [2.05, 4.69) is 16.5 Å². The van der Waals surface area contributed by atoms with E-state index in [-0.39, 0.29) is 0 Å². The second kappa shape index (κ2) is 13.5. The topological polar surface area (TPSA) is 36.9 Å². The molecule has 0 saturated carbocycles. The fraction of sp³-hybridized carbons (Fsp3) is 1.00. The molecule has 0 unspecified atom stereocenters. The summed E-state index contributed by atoms with van der Waals surface area (Å²) in [5.41, 5.74) is 0. The summed E-state index contributed by atoms with van der Waals surface area (Å²) in [4.78, 5) is 0. The minimum atomic E-state index is -7.80. The maximum atomic E-state index is 13.6. The molecule has 1 aliphatic heterocycles. The highest BCUT2D eigenvalue weighted by atomic mass is 28.5. The van der Waals surface area contributed by atoms with Crippen LogP contribution in [0.1, 0.15) is 0 Å². The highest BCUT2D eigenvalue weighted by molar-refractivity contribution is 6.95. The van der Waals surface area contributed by atoms with Gasteiger partial charge in [-0.2, -0.15) is 105 Å². The highest BCUT2D eigenvalue weighted by Crippen LogP contribution is 2.54. The van der Waals surface area contributed by atoms with Gasteiger partial charge < -0.3 is 16.5 Å². The third-order valence-electron chi connectivity index (χ3n) is 5.25. The molecule has 0 atom stereocenters. The van der Waals surface area contributed by atoms with E-state index in [1.165, 1.54) is 0 Å². The van der Waals surface area contributed by atoms with Crippen molar-refractivity contribution in [1.29, 1.82) is 0 Å². The van der Waals surface area contributed by atoms with E-state index in [1.807, 2.05) is 0 Å². The van der Waals surface area contributed by atoms with Crippen molar-refractivity contribution >= 4 is 34.2 Å². The quantitative estimate of drug-likeness (QED) is 0.180. The van der Waals surface area contributed by atoms with Gasteiger partial charge in [0.1, 0.15) is 0 Å². The van der Waals surface area contributed by atoms with Crippen LogP contribution in [0.3, 0.4) is 0 Å². The largest absolute Gasteiger partial charge is 0.415 e. The molecular weight excluding hydrogens is 824 g/mol. The predicted molar refractivity (Wildman–Crippen MR) is 114 cm³/mol. The first-order chi connectivity index (χ1) is 20.5. The summed E-state index contributed by atoms with van der Waals surface area (Å²) < 4.78 is 343. The van der Waals surface area contributed by atoms with Crippen LogP contribution >= 0.6 is 0 Å². The van der Waals surface area contributed by atoms with Crippen LogP contribution in [0.5, 0.6) is 0 Å². The number of halogens is 24. The molecule has 0 aliphatic carbocycles. The van der Waals surface area contributed by atoms with Crippen LogP contribution in [0, 0.1) is 0 Å². The first-order valence-corrected chi connectivity index (χ1v) is 20.7. The van der Waals surface area contributed by atoms with Gasteiger partial charge in [0, 0.05) is 0 Å². The van der Waals surface area contributed by atoms with E-state index in [0.717, 1.165) is 0 Å². The first-order valence-electron chi connectivity index (χ1n) is 11.8. The average Bonchev–Trinajstić information content (AvgIpc) is 2.52. The monoisotopic (exact) mass is 840 g/mol. The van der Waals surface area contributed by atoms with Gasteiger partial charge in [0.05, 0.1) is 48.4 Å². The molecule has 1 rings (SSSR count). The zero-order chi connectivity index (χ0) is 38.5. The van der Waals surface area contributed by atoms with Crippen molar-refractivity contribution in [1.82, 2.24) is 0 Å². The van der Waals surface area contributed by atoms with Gasteiger partial charge >= 0.3 is 83.7 Å². The maximum Gasteiger partial charge on any atom is 0.391 e. The predicted octanol–water partition coefficient (Wildman–Crippen LogP) is 10.3. The molecule has 0 radical (unpaired) electrons. The Hall–Kier alpha value is -0.972. The molecule has 32 heteroatoms. The van der Waals surface area contributed by atoms with Crippen LogP contribution in [-0.4, -0.2) is 83.7 Å². The van der Waals surface area contributed by atoms with Crippen LogP contribution in [0.4, 0.5) is 105 Å². The zero-order valence-electron chi connectivity index (χ0n) is 22.4. The van der Waals surface area contributed by atoms with Crippen LogP contribution in [0.25, 0.3) is 0 Å². The molecule has 1 saturated heterocycles. The summed E-state index contributed by atoms with van der Waals surface area (Å²) >= 11 is 0. The smallest absolute Gasteiger partial charge is 0.391 e. The standard InChI is InChI=1S/C16H16F24O4Si4/c17-9(18,19)1-45(2-10(20,21)22)41-46(3-11(23,24)25,4-12(26,27)28)43-48(7-15(35,36)37,8-16(38,39)40)44-47(42-45,5-13(29,30)31)6-14(32,33)34/h1-8H2. The summed E-state index contributed by atoms with van der Waals surface area (Å²) in [6.45, 7) is 0. The van der Waals surface area contributed by atoms with E-state index >= 15 is 0 Å². The first kappa shape index (κ1) is 45.0. The number of rotatable bonds is 8. The SMILES string of the molecule is FC(F)(F)C[Si]1(CC(F)(F)F)O[Si](CC(F)(F)F)(CC(F)(F)F)O[Si](CC(F)(F)F)(CC(F)(F)F)O[Si](CC(F)(F)F)(CC(F)(F)F)O1. The second-order valence-electron chi connectivity index (χ2n) is 10.4. The van der Waals surface area contributed by atoms with Crippen molar-refractivity contribution in [2.24, 2.45) is 0 Å². The molecule has 0 amide bonds. The maximum absolute atomic E-state index is 13.6. The van der Waals surface area contributed by atoms with Crippen LogP contribution < -0.4 is 0 Å². The van der Waals surface area contributed by atoms with Crippen molar-refractivity contribution in [2.75, 3.05) is 0 Å². The molecule has 1 heterocycles. The van der Waals surface area contributed by atoms with Gasteiger partial charge in [0.25, 0.3) is 0 Å². The number of hydrogen-bond donors (Lipinski definition) is 0. The molecule has 0 spiro atoms. The van der Waals surface area contributed by atoms with E-state index in [9.17, 15) is 105 Å². The van der Waals surface area contributed by atoms with E-state index in [1.54, 1.807) is 0 Å². The molecule has 0 aromatic rings. The van der Waals surface area contributed by atoms with Crippen LogP contribution in [-0.2, 0) is 16.5 Å². The van der Waals surface area contributed by atoms with Gasteiger partial charge in [-0.3, -0.25) is 0 Å². The van der Waals surface area contributed by atoms with Gasteiger partial charge in [-0.15, -0.1) is 0 Å². The lowest BCUT2D eigenvalue weighted by Crippen LogP contribution is -2.74. The Kier molecular flexibility index (Phi) is 12.7. The molecule has 0 aromatic carbocycles. The molecule has 0 bridgehead atoms. The molecule has 1 aliphatic rings. The van der Waals surface area contributed by atoms with E-state index < -0.39 is 132 Å². The van der Waals surface area contributed by atoms with E-state index in [4.69, 9.17) is 0 Å². The van der Waals surface area contributed by atoms with Gasteiger partial charge in [-0.1, -0.05) is 0 Å². The summed E-state index contributed by atoms with van der Waals surface area (Å²) in [6, 6.07) is -29.5. The van der Waals surface area contributed by atoms with Crippen LogP contribution in [0.15, 0.2) is 0 Å². The number of hydrogen-bond acceptors (Lipinski definition) is 4. The normalized spacial score (nSPS) is 21.5. The Balaban J connectivity index is 4.66. The lowest BCUT2D eigenvalue weighted by molar-refractivity contribution is -0.134. The third kappa shape index (κ3) is 17.3. The third-order valence-corrected chi connectivity index (χ3v) is 24.7. The fourth-order valence-electron chi connectivity index (χ4n) is 4.71. The lowest BCUT2D eigenvalue weighted by atomic mass is 10.8. The summed E-state index contributed by atoms with van der Waals surface area (Å²) in [6.07, 6.45) is -51.6. The Bertz CT molecular complexity index is 820. The van der Waals surface area contributed by atoms with Crippen molar-refractivity contribution < 1.29 is 122 Å². The summed E-state index contributed by atoms with van der Waals surface area (Å²) in [5.74, 6) is 0. The minimum Gasteiger partial charge on any atom is -0.415 e.